The molecule has 0 saturated carbocycles. The number of fused-ring (bicyclic) bond motifs is 1. The van der Waals surface area contributed by atoms with Crippen molar-refractivity contribution in [1.82, 2.24) is 13.9 Å². The van der Waals surface area contributed by atoms with Gasteiger partial charge in [0, 0.05) is 7.05 Å². The summed E-state index contributed by atoms with van der Waals surface area (Å²) in [6.07, 6.45) is -9.17. The smallest absolute Gasteiger partial charge is 0.306 e. The first kappa shape index (κ1) is 19.8. The average Bonchev–Trinajstić information content (AvgIpc) is 2.73. The van der Waals surface area contributed by atoms with E-state index in [0.29, 0.717) is 21.0 Å². The van der Waals surface area contributed by atoms with Crippen molar-refractivity contribution in [1.29, 1.82) is 0 Å². The molecule has 0 bridgehead atoms. The molecule has 0 aliphatic rings. The molecular weight excluding hydrogens is 400 g/mol. The summed E-state index contributed by atoms with van der Waals surface area (Å²) in [5.41, 5.74) is -2.33. The number of nitrogens with zero attached hydrogens (tertiary/aromatic N) is 3. The summed E-state index contributed by atoms with van der Waals surface area (Å²) in [6, 6.07) is 1.07. The number of benzene rings is 1. The summed E-state index contributed by atoms with van der Waals surface area (Å²) >= 11 is 5.49. The molecule has 5 nitrogen and oxygen atoms in total. The van der Waals surface area contributed by atoms with Crippen LogP contribution in [-0.2, 0) is 29.0 Å². The summed E-state index contributed by atoms with van der Waals surface area (Å²) in [6.45, 7) is -0.872. The molecule has 140 valence electrons. The van der Waals surface area contributed by atoms with Gasteiger partial charge in [-0.25, -0.2) is 13.4 Å². The van der Waals surface area contributed by atoms with Gasteiger partial charge in [0.2, 0.25) is 15.8 Å². The molecule has 0 saturated heterocycles. The van der Waals surface area contributed by atoms with Crippen molar-refractivity contribution >= 4 is 32.7 Å². The van der Waals surface area contributed by atoms with Crippen molar-refractivity contribution in [2.45, 2.75) is 19.0 Å². The lowest BCUT2D eigenvalue weighted by Crippen LogP contribution is -2.30. The Morgan fingerprint density at radius 1 is 1.16 bits per heavy atom. The molecule has 1 aromatic carbocycles. The third-order valence-electron chi connectivity index (χ3n) is 3.30. The fourth-order valence-corrected chi connectivity index (χ4v) is 2.62. The summed E-state index contributed by atoms with van der Waals surface area (Å²) in [7, 11) is -2.90. The minimum absolute atomic E-state index is 0.349. The number of hydrogen-bond donors (Lipinski definition) is 0. The van der Waals surface area contributed by atoms with Crippen LogP contribution >= 0.6 is 11.6 Å². The molecule has 1 aromatic heterocycles. The minimum Gasteiger partial charge on any atom is -0.306 e. The number of sulfonamides is 1. The minimum atomic E-state index is -5.01. The zero-order valence-electron chi connectivity index (χ0n) is 12.6. The van der Waals surface area contributed by atoms with Gasteiger partial charge in [-0.05, 0) is 12.1 Å². The van der Waals surface area contributed by atoms with Crippen molar-refractivity contribution in [3.8, 4) is 0 Å². The van der Waals surface area contributed by atoms with Gasteiger partial charge in [-0.15, -0.1) is 0 Å². The molecule has 0 fully saturated rings. The van der Waals surface area contributed by atoms with Crippen molar-refractivity contribution in [2.24, 2.45) is 0 Å². The lowest BCUT2D eigenvalue weighted by atomic mass is 10.2. The topological polar surface area (TPSA) is 55.2 Å². The second-order valence-electron chi connectivity index (χ2n) is 5.18. The number of rotatable bonds is 3. The van der Waals surface area contributed by atoms with Crippen LogP contribution in [0.2, 0.25) is 5.02 Å². The van der Waals surface area contributed by atoms with E-state index < -0.39 is 56.5 Å². The van der Waals surface area contributed by atoms with E-state index in [1.807, 2.05) is 0 Å². The first-order chi connectivity index (χ1) is 11.1. The van der Waals surface area contributed by atoms with Gasteiger partial charge in [0.1, 0.15) is 0 Å². The maximum atomic E-state index is 13.2. The standard InChI is InChI=1S/C12H10ClF6N3O2S/c1-21(25(2,23)24)5-22-9-3-6(11(14,15)16)7(13)4-8(9)20-10(22)12(17,18)19/h3-4H,5H2,1-2H3. The normalized spacial score (nSPS) is 13.8. The van der Waals surface area contributed by atoms with Gasteiger partial charge in [-0.1, -0.05) is 11.6 Å². The summed E-state index contributed by atoms with van der Waals surface area (Å²) < 4.78 is 102. The summed E-state index contributed by atoms with van der Waals surface area (Å²) in [5, 5.41) is -0.810. The third kappa shape index (κ3) is 4.01. The van der Waals surface area contributed by atoms with Gasteiger partial charge in [0.25, 0.3) is 0 Å². The lowest BCUT2D eigenvalue weighted by molar-refractivity contribution is -0.147. The zero-order chi connectivity index (χ0) is 19.4. The van der Waals surface area contributed by atoms with E-state index >= 15 is 0 Å². The monoisotopic (exact) mass is 409 g/mol. The second kappa shape index (κ2) is 6.02. The Balaban J connectivity index is 2.78. The molecule has 0 aliphatic carbocycles. The number of aromatic nitrogens is 2. The van der Waals surface area contributed by atoms with E-state index in [2.05, 4.69) is 4.98 Å². The Hall–Kier alpha value is -1.53. The van der Waals surface area contributed by atoms with E-state index in [4.69, 9.17) is 11.6 Å². The molecule has 13 heteroatoms. The van der Waals surface area contributed by atoms with Crippen LogP contribution in [0.15, 0.2) is 12.1 Å². The van der Waals surface area contributed by atoms with Crippen molar-refractivity contribution in [3.05, 3.63) is 28.5 Å². The van der Waals surface area contributed by atoms with Crippen LogP contribution in [0.1, 0.15) is 11.4 Å². The van der Waals surface area contributed by atoms with E-state index in [1.54, 1.807) is 0 Å². The van der Waals surface area contributed by atoms with E-state index in [0.717, 1.165) is 13.3 Å². The molecule has 1 heterocycles. The molecule has 0 unspecified atom stereocenters. The Bertz CT molecular complexity index is 920. The predicted molar refractivity (Wildman–Crippen MR) is 77.4 cm³/mol. The molecule has 0 atom stereocenters. The molecule has 0 aliphatic heterocycles. The highest BCUT2D eigenvalue weighted by Gasteiger charge is 2.40. The molecule has 0 spiro atoms. The summed E-state index contributed by atoms with van der Waals surface area (Å²) in [4.78, 5) is 3.27. The van der Waals surface area contributed by atoms with Crippen molar-refractivity contribution in [3.63, 3.8) is 0 Å². The highest BCUT2D eigenvalue weighted by Crippen LogP contribution is 2.39. The Labute approximate surface area is 142 Å². The second-order valence-corrected chi connectivity index (χ2v) is 7.68. The molecule has 2 rings (SSSR count). The fraction of sp³-hybridized carbons (Fsp3) is 0.417. The maximum absolute atomic E-state index is 13.2. The molecule has 0 N–H and O–H groups in total. The summed E-state index contributed by atoms with van der Waals surface area (Å²) in [5.74, 6) is -1.53. The number of halogens is 7. The van der Waals surface area contributed by atoms with Gasteiger partial charge in [-0.2, -0.15) is 30.6 Å². The van der Waals surface area contributed by atoms with Crippen LogP contribution < -0.4 is 0 Å². The first-order valence-electron chi connectivity index (χ1n) is 6.38. The largest absolute Gasteiger partial charge is 0.449 e. The van der Waals surface area contributed by atoms with Crippen LogP contribution in [-0.4, -0.2) is 35.6 Å². The molecular formula is C12H10ClF6N3O2S. The third-order valence-corrected chi connectivity index (χ3v) is 4.86. The van der Waals surface area contributed by atoms with Gasteiger partial charge in [-0.3, -0.25) is 0 Å². The molecule has 0 amide bonds. The molecule has 25 heavy (non-hydrogen) atoms. The van der Waals surface area contributed by atoms with Crippen LogP contribution in [0, 0.1) is 0 Å². The van der Waals surface area contributed by atoms with Gasteiger partial charge in [0.15, 0.2) is 0 Å². The fourth-order valence-electron chi connectivity index (χ4n) is 2.03. The zero-order valence-corrected chi connectivity index (χ0v) is 14.1. The van der Waals surface area contributed by atoms with Gasteiger partial charge in [0.05, 0.1) is 34.5 Å². The van der Waals surface area contributed by atoms with Crippen molar-refractivity contribution < 1.29 is 34.8 Å². The average molecular weight is 410 g/mol. The van der Waals surface area contributed by atoms with Crippen LogP contribution in [0.3, 0.4) is 0 Å². The molecule has 0 radical (unpaired) electrons. The maximum Gasteiger partial charge on any atom is 0.449 e. The Kier molecular flexibility index (Phi) is 4.77. The quantitative estimate of drug-likeness (QED) is 0.728. The van der Waals surface area contributed by atoms with Gasteiger partial charge >= 0.3 is 12.4 Å². The number of hydrogen-bond acceptors (Lipinski definition) is 3. The Morgan fingerprint density at radius 3 is 2.16 bits per heavy atom. The highest BCUT2D eigenvalue weighted by atomic mass is 35.5. The van der Waals surface area contributed by atoms with Crippen LogP contribution in [0.5, 0.6) is 0 Å². The van der Waals surface area contributed by atoms with Crippen molar-refractivity contribution in [2.75, 3.05) is 13.3 Å². The number of alkyl halides is 6. The van der Waals surface area contributed by atoms with E-state index in [-0.39, 0.29) is 0 Å². The molecule has 2 aromatic rings. The number of imidazole rings is 1. The van der Waals surface area contributed by atoms with E-state index in [9.17, 15) is 34.8 Å². The highest BCUT2D eigenvalue weighted by molar-refractivity contribution is 7.88. The SMILES string of the molecule is CN(Cn1c(C(F)(F)F)nc2cc(Cl)c(C(F)(F)F)cc21)S(C)(=O)=O. The first-order valence-corrected chi connectivity index (χ1v) is 8.60. The van der Waals surface area contributed by atoms with Crippen LogP contribution in [0.4, 0.5) is 26.3 Å². The van der Waals surface area contributed by atoms with Gasteiger partial charge < -0.3 is 4.57 Å². The Morgan fingerprint density at radius 2 is 1.72 bits per heavy atom. The van der Waals surface area contributed by atoms with E-state index in [1.165, 1.54) is 0 Å². The van der Waals surface area contributed by atoms with Crippen LogP contribution in [0.25, 0.3) is 11.0 Å². The predicted octanol–water partition coefficient (Wildman–Crippen LogP) is 3.58. The lowest BCUT2D eigenvalue weighted by Gasteiger charge is -2.18.